The number of nitrogens with zero attached hydrogens (tertiary/aromatic N) is 1. The van der Waals surface area contributed by atoms with Gasteiger partial charge in [-0.2, -0.15) is 0 Å². The summed E-state index contributed by atoms with van der Waals surface area (Å²) in [5, 5.41) is 3.49. The highest BCUT2D eigenvalue weighted by Gasteiger charge is 2.25. The molecule has 0 saturated heterocycles. The number of benzene rings is 1. The van der Waals surface area contributed by atoms with Crippen LogP contribution in [0.15, 0.2) is 42.5 Å². The molecule has 0 fully saturated rings. The van der Waals surface area contributed by atoms with Gasteiger partial charge >= 0.3 is 0 Å². The summed E-state index contributed by atoms with van der Waals surface area (Å²) >= 11 is 11.9. The summed E-state index contributed by atoms with van der Waals surface area (Å²) in [6.45, 7) is 6.30. The lowest BCUT2D eigenvalue weighted by Gasteiger charge is -2.29. The SMILES string of the molecule is CC(CC(C)(C)c1ccccc1)NC(=O)c1nc(Cl)ccc1Cl. The molecule has 1 heterocycles. The Hall–Kier alpha value is -1.58. The molecule has 2 rings (SSSR count). The van der Waals surface area contributed by atoms with Gasteiger partial charge in [0, 0.05) is 6.04 Å². The van der Waals surface area contributed by atoms with Gasteiger partial charge in [-0.1, -0.05) is 67.4 Å². The minimum absolute atomic E-state index is 0.0328. The molecule has 0 bridgehead atoms. The summed E-state index contributed by atoms with van der Waals surface area (Å²) in [6, 6.07) is 13.3. The van der Waals surface area contributed by atoms with E-state index in [9.17, 15) is 4.79 Å². The van der Waals surface area contributed by atoms with Crippen molar-refractivity contribution in [3.8, 4) is 0 Å². The van der Waals surface area contributed by atoms with E-state index in [-0.39, 0.29) is 28.2 Å². The largest absolute Gasteiger partial charge is 0.348 e. The minimum Gasteiger partial charge on any atom is -0.348 e. The third kappa shape index (κ3) is 4.69. The zero-order chi connectivity index (χ0) is 17.0. The van der Waals surface area contributed by atoms with Crippen molar-refractivity contribution < 1.29 is 4.79 Å². The second-order valence-electron chi connectivity index (χ2n) is 6.29. The number of hydrogen-bond donors (Lipinski definition) is 1. The van der Waals surface area contributed by atoms with Crippen molar-refractivity contribution >= 4 is 29.1 Å². The number of pyridine rings is 1. The van der Waals surface area contributed by atoms with E-state index in [1.165, 1.54) is 5.56 Å². The highest BCUT2D eigenvalue weighted by Crippen LogP contribution is 2.28. The molecule has 1 amide bonds. The molecule has 0 radical (unpaired) electrons. The van der Waals surface area contributed by atoms with Crippen molar-refractivity contribution in [1.82, 2.24) is 10.3 Å². The number of aromatic nitrogens is 1. The number of carbonyl (C=O) groups is 1. The van der Waals surface area contributed by atoms with Gasteiger partial charge in [0.1, 0.15) is 10.8 Å². The molecule has 1 unspecified atom stereocenters. The van der Waals surface area contributed by atoms with Gasteiger partial charge in [-0.3, -0.25) is 4.79 Å². The van der Waals surface area contributed by atoms with E-state index in [4.69, 9.17) is 23.2 Å². The summed E-state index contributed by atoms with van der Waals surface area (Å²) in [5.41, 5.74) is 1.34. The van der Waals surface area contributed by atoms with Gasteiger partial charge in [0.15, 0.2) is 0 Å². The predicted octanol–water partition coefficient (Wildman–Crippen LogP) is 4.87. The predicted molar refractivity (Wildman–Crippen MR) is 95.3 cm³/mol. The molecule has 0 aliphatic rings. The van der Waals surface area contributed by atoms with Gasteiger partial charge in [-0.25, -0.2) is 4.98 Å². The first-order valence-corrected chi connectivity index (χ1v) is 8.23. The highest BCUT2D eigenvalue weighted by atomic mass is 35.5. The molecule has 0 saturated carbocycles. The van der Waals surface area contributed by atoms with Crippen LogP contribution in [0.4, 0.5) is 0 Å². The molecule has 5 heteroatoms. The Morgan fingerprint density at radius 1 is 1.17 bits per heavy atom. The second kappa shape index (κ2) is 7.33. The topological polar surface area (TPSA) is 42.0 Å². The minimum atomic E-state index is -0.311. The Morgan fingerprint density at radius 2 is 1.83 bits per heavy atom. The Bertz CT molecular complexity index is 687. The van der Waals surface area contributed by atoms with Gasteiger partial charge in [0.2, 0.25) is 0 Å². The van der Waals surface area contributed by atoms with E-state index in [1.807, 2.05) is 25.1 Å². The van der Waals surface area contributed by atoms with Crippen LogP contribution in [-0.4, -0.2) is 16.9 Å². The van der Waals surface area contributed by atoms with E-state index in [1.54, 1.807) is 12.1 Å². The maximum atomic E-state index is 12.3. The zero-order valence-corrected chi connectivity index (χ0v) is 14.9. The summed E-state index contributed by atoms with van der Waals surface area (Å²) in [4.78, 5) is 16.3. The van der Waals surface area contributed by atoms with Gasteiger partial charge < -0.3 is 5.32 Å². The first-order valence-electron chi connectivity index (χ1n) is 7.48. The molecule has 3 nitrogen and oxygen atoms in total. The van der Waals surface area contributed by atoms with Crippen molar-refractivity contribution in [2.75, 3.05) is 0 Å². The maximum Gasteiger partial charge on any atom is 0.271 e. The second-order valence-corrected chi connectivity index (χ2v) is 7.09. The quantitative estimate of drug-likeness (QED) is 0.781. The van der Waals surface area contributed by atoms with Gasteiger partial charge in [-0.05, 0) is 36.5 Å². The van der Waals surface area contributed by atoms with Crippen LogP contribution in [-0.2, 0) is 5.41 Å². The van der Waals surface area contributed by atoms with Crippen LogP contribution < -0.4 is 5.32 Å². The molecular weight excluding hydrogens is 331 g/mol. The van der Waals surface area contributed by atoms with Crippen LogP contribution in [0.25, 0.3) is 0 Å². The molecule has 122 valence electrons. The van der Waals surface area contributed by atoms with Crippen molar-refractivity contribution in [1.29, 1.82) is 0 Å². The first kappa shape index (κ1) is 17.8. The Morgan fingerprint density at radius 3 is 2.48 bits per heavy atom. The summed E-state index contributed by atoms with van der Waals surface area (Å²) < 4.78 is 0. The molecule has 0 spiro atoms. The van der Waals surface area contributed by atoms with Crippen molar-refractivity contribution in [3.05, 3.63) is 63.9 Å². The Kier molecular flexibility index (Phi) is 5.66. The van der Waals surface area contributed by atoms with Crippen LogP contribution >= 0.6 is 23.2 Å². The van der Waals surface area contributed by atoms with Crippen LogP contribution in [0.1, 0.15) is 43.2 Å². The van der Waals surface area contributed by atoms with Crippen molar-refractivity contribution in [3.63, 3.8) is 0 Å². The third-order valence-corrected chi connectivity index (χ3v) is 4.29. The molecule has 0 aliphatic heterocycles. The number of amides is 1. The number of hydrogen-bond acceptors (Lipinski definition) is 2. The number of halogens is 2. The number of rotatable bonds is 5. The molecule has 23 heavy (non-hydrogen) atoms. The summed E-state index contributed by atoms with van der Waals surface area (Å²) in [6.07, 6.45) is 0.793. The number of nitrogens with one attached hydrogen (secondary N) is 1. The molecular formula is C18H20Cl2N2O. The molecule has 1 aromatic carbocycles. The van der Waals surface area contributed by atoms with Crippen LogP contribution in [0.5, 0.6) is 0 Å². The highest BCUT2D eigenvalue weighted by molar-refractivity contribution is 6.34. The fraction of sp³-hybridized carbons (Fsp3) is 0.333. The lowest BCUT2D eigenvalue weighted by molar-refractivity contribution is 0.0929. The summed E-state index contributed by atoms with van der Waals surface area (Å²) in [5.74, 6) is -0.311. The standard InChI is InChI=1S/C18H20Cl2N2O/c1-12(11-18(2,3)13-7-5-4-6-8-13)21-17(23)16-14(19)9-10-15(20)22-16/h4-10,12H,11H2,1-3H3,(H,21,23). The van der Waals surface area contributed by atoms with Gasteiger partial charge in [0.25, 0.3) is 5.91 Å². The monoisotopic (exact) mass is 350 g/mol. The van der Waals surface area contributed by atoms with E-state index in [0.717, 1.165) is 6.42 Å². The number of carbonyl (C=O) groups excluding carboxylic acids is 1. The van der Waals surface area contributed by atoms with E-state index in [2.05, 4.69) is 36.3 Å². The van der Waals surface area contributed by atoms with Crippen molar-refractivity contribution in [2.45, 2.75) is 38.6 Å². The molecule has 1 aromatic heterocycles. The molecule has 1 N–H and O–H groups in total. The van der Waals surface area contributed by atoms with Gasteiger partial charge in [0.05, 0.1) is 5.02 Å². The average Bonchev–Trinajstić information content (AvgIpc) is 2.50. The van der Waals surface area contributed by atoms with E-state index >= 15 is 0 Å². The van der Waals surface area contributed by atoms with Crippen LogP contribution in [0.3, 0.4) is 0 Å². The third-order valence-electron chi connectivity index (χ3n) is 3.78. The lowest BCUT2D eigenvalue weighted by atomic mass is 9.79. The first-order chi connectivity index (χ1) is 10.8. The zero-order valence-electron chi connectivity index (χ0n) is 13.4. The smallest absolute Gasteiger partial charge is 0.271 e. The van der Waals surface area contributed by atoms with Crippen molar-refractivity contribution in [2.24, 2.45) is 0 Å². The fourth-order valence-electron chi connectivity index (χ4n) is 2.69. The Balaban J connectivity index is 2.06. The van der Waals surface area contributed by atoms with E-state index < -0.39 is 0 Å². The lowest BCUT2D eigenvalue weighted by Crippen LogP contribution is -2.37. The molecule has 2 aromatic rings. The fourth-order valence-corrected chi connectivity index (χ4v) is 3.03. The summed E-state index contributed by atoms with van der Waals surface area (Å²) in [7, 11) is 0. The van der Waals surface area contributed by atoms with Crippen LogP contribution in [0, 0.1) is 0 Å². The van der Waals surface area contributed by atoms with Gasteiger partial charge in [-0.15, -0.1) is 0 Å². The normalized spacial score (nSPS) is 12.7. The molecule has 0 aliphatic carbocycles. The van der Waals surface area contributed by atoms with Crippen LogP contribution in [0.2, 0.25) is 10.2 Å². The Labute approximate surface area is 147 Å². The molecule has 1 atom stereocenters. The average molecular weight is 351 g/mol. The maximum absolute atomic E-state index is 12.3. The van der Waals surface area contributed by atoms with E-state index in [0.29, 0.717) is 5.02 Å².